The molecule has 0 spiro atoms. The molecule has 0 aromatic heterocycles. The zero-order valence-corrected chi connectivity index (χ0v) is 5.72. The number of hydrogen-bond donors (Lipinski definition) is 0. The van der Waals surface area contributed by atoms with Crippen LogP contribution in [-0.4, -0.2) is 0 Å². The molecule has 0 saturated heterocycles. The van der Waals surface area contributed by atoms with Gasteiger partial charge in [-0.05, 0) is 19.8 Å². The normalized spacial score (nSPS) is 10.4. The maximum atomic E-state index is 8.18. The number of nitrogens with zero attached hydrogens (tertiary/aromatic N) is 1. The summed E-state index contributed by atoms with van der Waals surface area (Å²) < 4.78 is 0. The lowest BCUT2D eigenvalue weighted by Gasteiger charge is -1.91. The van der Waals surface area contributed by atoms with Gasteiger partial charge in [0.2, 0.25) is 0 Å². The van der Waals surface area contributed by atoms with Gasteiger partial charge in [-0.3, -0.25) is 0 Å². The summed E-state index contributed by atoms with van der Waals surface area (Å²) in [6.45, 7) is 5.53. The Balaban J connectivity index is 3.52. The predicted molar refractivity (Wildman–Crippen MR) is 38.8 cm³/mol. The van der Waals surface area contributed by atoms with E-state index in [4.69, 9.17) is 5.26 Å². The molecule has 0 aromatic rings. The van der Waals surface area contributed by atoms with Crippen molar-refractivity contribution in [3.8, 4) is 6.07 Å². The number of allylic oxidation sites excluding steroid dienone is 3. The Hall–Kier alpha value is -1.03. The van der Waals surface area contributed by atoms with E-state index in [0.29, 0.717) is 0 Å². The Kier molecular flexibility index (Phi) is 4.53. The van der Waals surface area contributed by atoms with Crippen molar-refractivity contribution in [1.82, 2.24) is 0 Å². The van der Waals surface area contributed by atoms with E-state index in [-0.39, 0.29) is 0 Å². The van der Waals surface area contributed by atoms with Crippen LogP contribution in [0, 0.1) is 11.3 Å². The molecule has 1 nitrogen and oxygen atoms in total. The molecule has 0 radical (unpaired) electrons. The highest BCUT2D eigenvalue weighted by Gasteiger charge is 1.84. The van der Waals surface area contributed by atoms with Crippen LogP contribution in [0.2, 0.25) is 0 Å². The molecule has 0 atom stereocenters. The van der Waals surface area contributed by atoms with E-state index in [1.807, 2.05) is 19.1 Å². The topological polar surface area (TPSA) is 23.8 Å². The van der Waals surface area contributed by atoms with Crippen LogP contribution >= 0.6 is 0 Å². The monoisotopic (exact) mass is 121 g/mol. The van der Waals surface area contributed by atoms with Gasteiger partial charge in [-0.1, -0.05) is 11.6 Å². The van der Waals surface area contributed by atoms with Crippen LogP contribution < -0.4 is 0 Å². The van der Waals surface area contributed by atoms with Crippen molar-refractivity contribution in [2.45, 2.75) is 19.8 Å². The first kappa shape index (κ1) is 7.97. The third kappa shape index (κ3) is 4.83. The number of rotatable bonds is 3. The fraction of sp³-hybridized carbons (Fsp3) is 0.375. The van der Waals surface area contributed by atoms with Crippen LogP contribution in [0.1, 0.15) is 19.8 Å². The molecule has 0 aliphatic rings. The highest BCUT2D eigenvalue weighted by atomic mass is 14.2. The fourth-order valence-electron chi connectivity index (χ4n) is 0.512. The van der Waals surface area contributed by atoms with Crippen molar-refractivity contribution in [3.05, 3.63) is 24.3 Å². The Morgan fingerprint density at radius 2 is 2.44 bits per heavy atom. The summed E-state index contributed by atoms with van der Waals surface area (Å²) >= 11 is 0. The molecule has 1 heteroatoms. The van der Waals surface area contributed by atoms with Crippen LogP contribution in [0.5, 0.6) is 0 Å². The molecule has 0 saturated carbocycles. The molecule has 0 N–H and O–H groups in total. The van der Waals surface area contributed by atoms with Crippen LogP contribution in [0.3, 0.4) is 0 Å². The van der Waals surface area contributed by atoms with Crippen LogP contribution in [0.4, 0.5) is 0 Å². The van der Waals surface area contributed by atoms with E-state index in [1.165, 1.54) is 0 Å². The molecule has 0 heterocycles. The van der Waals surface area contributed by atoms with Gasteiger partial charge in [0.15, 0.2) is 0 Å². The second kappa shape index (κ2) is 5.11. The summed E-state index contributed by atoms with van der Waals surface area (Å²) in [5.74, 6) is 0. The Labute approximate surface area is 56.3 Å². The summed E-state index contributed by atoms with van der Waals surface area (Å²) in [5, 5.41) is 8.18. The van der Waals surface area contributed by atoms with Crippen LogP contribution in [-0.2, 0) is 0 Å². The van der Waals surface area contributed by atoms with Gasteiger partial charge in [-0.2, -0.15) is 5.26 Å². The van der Waals surface area contributed by atoms with E-state index in [9.17, 15) is 0 Å². The zero-order valence-electron chi connectivity index (χ0n) is 5.72. The molecule has 0 fully saturated rings. The molecule has 0 aliphatic heterocycles. The van der Waals surface area contributed by atoms with Crippen molar-refractivity contribution in [3.63, 3.8) is 0 Å². The smallest absolute Gasteiger partial charge is 0.0911 e. The molecule has 48 valence electrons. The maximum Gasteiger partial charge on any atom is 0.0911 e. The van der Waals surface area contributed by atoms with Gasteiger partial charge in [0.05, 0.1) is 6.07 Å². The average Bonchev–Trinajstić information content (AvgIpc) is 1.85. The Bertz CT molecular complexity index is 148. The van der Waals surface area contributed by atoms with Crippen molar-refractivity contribution in [1.29, 1.82) is 5.26 Å². The molecule has 0 unspecified atom stereocenters. The van der Waals surface area contributed by atoms with Gasteiger partial charge in [0.1, 0.15) is 0 Å². The van der Waals surface area contributed by atoms with Gasteiger partial charge in [-0.25, -0.2) is 0 Å². The molecule has 9 heavy (non-hydrogen) atoms. The van der Waals surface area contributed by atoms with E-state index in [1.54, 1.807) is 6.08 Å². The molecular formula is C8H11N. The summed E-state index contributed by atoms with van der Waals surface area (Å²) in [6.07, 6.45) is 5.35. The Morgan fingerprint density at radius 3 is 2.89 bits per heavy atom. The van der Waals surface area contributed by atoms with Gasteiger partial charge in [0, 0.05) is 6.08 Å². The van der Waals surface area contributed by atoms with Crippen molar-refractivity contribution in [2.24, 2.45) is 0 Å². The molecule has 0 amide bonds. The minimum absolute atomic E-state index is 0.955. The number of nitriles is 1. The predicted octanol–water partition coefficient (Wildman–Crippen LogP) is 2.42. The standard InChI is InChI=1S/C8H11N/c1-3-4-5-8(2)6-7-9/h3,6H,1,4-5H2,2H3. The highest BCUT2D eigenvalue weighted by molar-refractivity contribution is 5.11. The molecular weight excluding hydrogens is 110 g/mol. The second-order valence-electron chi connectivity index (χ2n) is 1.95. The average molecular weight is 121 g/mol. The first-order chi connectivity index (χ1) is 4.31. The van der Waals surface area contributed by atoms with Crippen molar-refractivity contribution in [2.75, 3.05) is 0 Å². The van der Waals surface area contributed by atoms with Gasteiger partial charge < -0.3 is 0 Å². The number of hydrogen-bond acceptors (Lipinski definition) is 1. The SMILES string of the molecule is C=CCCC(C)=CC#N. The lowest BCUT2D eigenvalue weighted by molar-refractivity contribution is 0.981. The highest BCUT2D eigenvalue weighted by Crippen LogP contribution is 2.02. The largest absolute Gasteiger partial charge is 0.193 e. The fourth-order valence-corrected chi connectivity index (χ4v) is 0.512. The van der Waals surface area contributed by atoms with Crippen molar-refractivity contribution >= 4 is 0 Å². The van der Waals surface area contributed by atoms with Crippen molar-refractivity contribution < 1.29 is 0 Å². The lowest BCUT2D eigenvalue weighted by Crippen LogP contribution is -1.72. The third-order valence-corrected chi connectivity index (χ3v) is 1.05. The molecule has 0 aromatic carbocycles. The van der Waals surface area contributed by atoms with E-state index in [2.05, 4.69) is 6.58 Å². The van der Waals surface area contributed by atoms with Gasteiger partial charge >= 0.3 is 0 Å². The zero-order chi connectivity index (χ0) is 7.11. The second-order valence-corrected chi connectivity index (χ2v) is 1.95. The first-order valence-corrected chi connectivity index (χ1v) is 2.97. The van der Waals surface area contributed by atoms with Crippen LogP contribution in [0.25, 0.3) is 0 Å². The minimum atomic E-state index is 0.955. The first-order valence-electron chi connectivity index (χ1n) is 2.97. The quantitative estimate of drug-likeness (QED) is 0.415. The molecule has 0 aliphatic carbocycles. The lowest BCUT2D eigenvalue weighted by atomic mass is 10.1. The van der Waals surface area contributed by atoms with E-state index >= 15 is 0 Å². The Morgan fingerprint density at radius 1 is 1.78 bits per heavy atom. The summed E-state index contributed by atoms with van der Waals surface area (Å²) in [4.78, 5) is 0. The van der Waals surface area contributed by atoms with Gasteiger partial charge in [-0.15, -0.1) is 6.58 Å². The van der Waals surface area contributed by atoms with Gasteiger partial charge in [0.25, 0.3) is 0 Å². The van der Waals surface area contributed by atoms with E-state index in [0.717, 1.165) is 18.4 Å². The molecule has 0 rings (SSSR count). The van der Waals surface area contributed by atoms with E-state index < -0.39 is 0 Å². The third-order valence-electron chi connectivity index (χ3n) is 1.05. The summed E-state index contributed by atoms with van der Waals surface area (Å²) in [5.41, 5.74) is 1.12. The summed E-state index contributed by atoms with van der Waals surface area (Å²) in [7, 11) is 0. The molecule has 0 bridgehead atoms. The minimum Gasteiger partial charge on any atom is -0.193 e. The maximum absolute atomic E-state index is 8.18. The summed E-state index contributed by atoms with van der Waals surface area (Å²) in [6, 6.07) is 1.98. The van der Waals surface area contributed by atoms with Crippen LogP contribution in [0.15, 0.2) is 24.3 Å².